The van der Waals surface area contributed by atoms with Crippen molar-refractivity contribution in [2.75, 3.05) is 26.2 Å². The van der Waals surface area contributed by atoms with E-state index in [9.17, 15) is 22.8 Å². The number of carbonyl (C=O) groups excluding carboxylic acids is 2. The zero-order valence-electron chi connectivity index (χ0n) is 36.9. The molecular weight excluding hydrogens is 816 g/mol. The van der Waals surface area contributed by atoms with Crippen LogP contribution in [0.15, 0.2) is 104 Å². The molecule has 6 aromatic rings. The van der Waals surface area contributed by atoms with Crippen molar-refractivity contribution in [1.29, 1.82) is 0 Å². The number of carbonyl (C=O) groups is 2. The molecule has 0 spiro atoms. The maximum absolute atomic E-state index is 14.6. The number of hydrogen-bond donors (Lipinski definition) is 2. The zero-order valence-corrected chi connectivity index (χ0v) is 36.9. The van der Waals surface area contributed by atoms with Gasteiger partial charge in [-0.1, -0.05) is 125 Å². The van der Waals surface area contributed by atoms with Crippen LogP contribution in [0, 0.1) is 5.92 Å². The van der Waals surface area contributed by atoms with E-state index in [1.54, 1.807) is 47.8 Å². The second-order valence-corrected chi connectivity index (χ2v) is 16.8. The number of hydrogen-bond acceptors (Lipinski definition) is 7. The molecule has 3 aromatic heterocycles. The first-order chi connectivity index (χ1) is 31.0. The molecule has 2 aliphatic heterocycles. The normalized spacial score (nSPS) is 17.7. The van der Waals surface area contributed by atoms with E-state index in [4.69, 9.17) is 4.98 Å². The Morgan fingerprint density at radius 1 is 0.688 bits per heavy atom. The summed E-state index contributed by atoms with van der Waals surface area (Å²) >= 11 is 0. The number of rotatable bonds is 15. The van der Waals surface area contributed by atoms with Crippen LogP contribution in [0.1, 0.15) is 119 Å². The topological polar surface area (TPSA) is 127 Å². The first-order valence-corrected chi connectivity index (χ1v) is 22.6. The molecule has 4 atom stereocenters. The summed E-state index contributed by atoms with van der Waals surface area (Å²) in [5.41, 5.74) is 3.07. The summed E-state index contributed by atoms with van der Waals surface area (Å²) in [6.45, 7) is 10.9. The van der Waals surface area contributed by atoms with Crippen molar-refractivity contribution in [2.24, 2.45) is 5.92 Å². The van der Waals surface area contributed by atoms with E-state index in [2.05, 4.69) is 57.5 Å². The number of aromatic nitrogens is 6. The Morgan fingerprint density at radius 2 is 1.25 bits per heavy atom. The predicted molar refractivity (Wildman–Crippen MR) is 240 cm³/mol. The van der Waals surface area contributed by atoms with Gasteiger partial charge in [-0.3, -0.25) is 14.5 Å². The Hall–Kier alpha value is -6.15. The third-order valence-electron chi connectivity index (χ3n) is 13.2. The van der Waals surface area contributed by atoms with Crippen LogP contribution in [0.3, 0.4) is 0 Å². The molecular formula is C50H56F3N9O2. The van der Waals surface area contributed by atoms with Gasteiger partial charge in [0.25, 0.3) is 0 Å². The lowest BCUT2D eigenvalue weighted by molar-refractivity contribution is -0.140. The van der Waals surface area contributed by atoms with Gasteiger partial charge in [0.05, 0.1) is 35.6 Å². The summed E-state index contributed by atoms with van der Waals surface area (Å²) < 4.78 is 43.9. The van der Waals surface area contributed by atoms with Crippen molar-refractivity contribution in [3.8, 4) is 33.9 Å². The lowest BCUT2D eigenvalue weighted by Crippen LogP contribution is -2.43. The molecule has 2 fully saturated rings. The fraction of sp³-hybridized carbons (Fsp3) is 0.400. The minimum atomic E-state index is -4.73. The molecule has 5 heterocycles. The first kappa shape index (κ1) is 44.5. The molecule has 2 amide bonds. The van der Waals surface area contributed by atoms with Gasteiger partial charge in [0, 0.05) is 42.2 Å². The van der Waals surface area contributed by atoms with Crippen molar-refractivity contribution in [3.63, 3.8) is 0 Å². The lowest BCUT2D eigenvalue weighted by atomic mass is 9.81. The molecule has 11 nitrogen and oxygen atoms in total. The van der Waals surface area contributed by atoms with Crippen molar-refractivity contribution in [3.05, 3.63) is 132 Å². The van der Waals surface area contributed by atoms with Gasteiger partial charge in [-0.05, 0) is 55.8 Å². The van der Waals surface area contributed by atoms with Crippen LogP contribution in [0.4, 0.5) is 13.2 Å². The zero-order chi connectivity index (χ0) is 45.0. The van der Waals surface area contributed by atoms with Crippen molar-refractivity contribution in [1.82, 2.24) is 44.6 Å². The minimum Gasteiger partial charge on any atom is -0.340 e. The third kappa shape index (κ3) is 8.97. The summed E-state index contributed by atoms with van der Waals surface area (Å²) in [4.78, 5) is 59.0. The number of likely N-dealkylation sites (tertiary alicyclic amines) is 2. The molecule has 0 aliphatic carbocycles. The first-order valence-electron chi connectivity index (χ1n) is 22.6. The highest BCUT2D eigenvalue weighted by Gasteiger charge is 2.43. The van der Waals surface area contributed by atoms with Crippen LogP contribution in [0.25, 0.3) is 33.9 Å². The number of H-pyrrole nitrogens is 2. The van der Waals surface area contributed by atoms with Crippen LogP contribution in [-0.4, -0.2) is 82.6 Å². The number of halogens is 3. The van der Waals surface area contributed by atoms with Crippen LogP contribution < -0.4 is 0 Å². The summed E-state index contributed by atoms with van der Waals surface area (Å²) in [6.07, 6.45) is 4.81. The minimum absolute atomic E-state index is 0.0636. The van der Waals surface area contributed by atoms with Gasteiger partial charge in [0.15, 0.2) is 11.5 Å². The van der Waals surface area contributed by atoms with Crippen LogP contribution >= 0.6 is 0 Å². The Kier molecular flexibility index (Phi) is 13.4. The van der Waals surface area contributed by atoms with Gasteiger partial charge < -0.3 is 19.8 Å². The van der Waals surface area contributed by atoms with Gasteiger partial charge in [0.1, 0.15) is 17.7 Å². The number of aromatic amines is 2. The second kappa shape index (κ2) is 19.3. The molecule has 2 saturated heterocycles. The van der Waals surface area contributed by atoms with Gasteiger partial charge in [-0.25, -0.2) is 19.9 Å². The molecule has 14 heteroatoms. The van der Waals surface area contributed by atoms with Crippen molar-refractivity contribution < 1.29 is 22.8 Å². The quantitative estimate of drug-likeness (QED) is 0.105. The van der Waals surface area contributed by atoms with Crippen LogP contribution in [0.2, 0.25) is 0 Å². The fourth-order valence-electron chi connectivity index (χ4n) is 9.75. The number of imidazole rings is 2. The molecule has 0 radical (unpaired) electrons. The molecule has 0 saturated carbocycles. The Labute approximate surface area is 372 Å². The van der Waals surface area contributed by atoms with Crippen LogP contribution in [-0.2, 0) is 15.8 Å². The van der Waals surface area contributed by atoms with E-state index in [-0.39, 0.29) is 41.3 Å². The molecule has 0 bridgehead atoms. The smallest absolute Gasteiger partial charge is 0.340 e. The number of alkyl halides is 3. The van der Waals surface area contributed by atoms with E-state index < -0.39 is 23.8 Å². The Morgan fingerprint density at radius 3 is 1.83 bits per heavy atom. The average molecular weight is 872 g/mol. The maximum Gasteiger partial charge on any atom is 0.435 e. The van der Waals surface area contributed by atoms with Gasteiger partial charge in [0.2, 0.25) is 11.8 Å². The molecule has 2 N–H and O–H groups in total. The summed E-state index contributed by atoms with van der Waals surface area (Å²) in [5, 5.41) is 0. The summed E-state index contributed by atoms with van der Waals surface area (Å²) in [6, 6.07) is 25.0. The standard InChI is InChI=1S/C50H56F3N9O2/c1-5-32(6-2)41(33-17-11-9-12-18-33)48(63)61-27-16-22-40(61)47-58-42(44(59-47)50(51,52)53)34-23-25-36(26-24-34)45-54-29-37(30-55-45)38-31-56-46(57-38)39-21-15-28-62(39)49(64)43(60(7-3)8-4)35-19-13-10-14-20-35/h9-14,17-20,23-26,29-32,39-41,43H,5-8,15-16,21-22,27-28H2,1-4H3,(H,56,57)(H,58,59)/t39-,40-,41+,43?/m0/s1. The lowest BCUT2D eigenvalue weighted by Gasteiger charge is -2.34. The van der Waals surface area contributed by atoms with E-state index in [1.807, 2.05) is 65.6 Å². The molecule has 64 heavy (non-hydrogen) atoms. The highest BCUT2D eigenvalue weighted by atomic mass is 19.4. The van der Waals surface area contributed by atoms with Crippen LogP contribution in [0.5, 0.6) is 0 Å². The summed E-state index contributed by atoms with van der Waals surface area (Å²) in [7, 11) is 0. The number of likely N-dealkylation sites (N-methyl/N-ethyl adjacent to an activating group) is 1. The van der Waals surface area contributed by atoms with Crippen molar-refractivity contribution in [2.45, 2.75) is 96.4 Å². The molecule has 2 aliphatic rings. The maximum atomic E-state index is 14.6. The fourth-order valence-corrected chi connectivity index (χ4v) is 9.75. The van der Waals surface area contributed by atoms with Gasteiger partial charge in [-0.2, -0.15) is 13.2 Å². The molecule has 8 rings (SSSR count). The van der Waals surface area contributed by atoms with E-state index in [0.29, 0.717) is 60.0 Å². The number of nitrogens with zero attached hydrogens (tertiary/aromatic N) is 7. The number of benzene rings is 3. The second-order valence-electron chi connectivity index (χ2n) is 16.8. The van der Waals surface area contributed by atoms with E-state index >= 15 is 0 Å². The highest BCUT2D eigenvalue weighted by molar-refractivity contribution is 5.85. The highest BCUT2D eigenvalue weighted by Crippen LogP contribution is 2.42. The number of nitrogens with one attached hydrogen (secondary N) is 2. The molecule has 334 valence electrons. The molecule has 3 aromatic carbocycles. The average Bonchev–Trinajstić information content (AvgIpc) is 4.17. The van der Waals surface area contributed by atoms with E-state index in [1.165, 1.54) is 0 Å². The number of amides is 2. The Balaban J connectivity index is 0.990. The Bertz CT molecular complexity index is 2480. The summed E-state index contributed by atoms with van der Waals surface area (Å²) in [5.74, 6) is 0.925. The predicted octanol–water partition coefficient (Wildman–Crippen LogP) is 10.6. The van der Waals surface area contributed by atoms with Gasteiger partial charge >= 0.3 is 6.18 Å². The SMILES string of the molecule is CCC(CC)[C@@H](C(=O)N1CCC[C@H]1c1nc(C(F)(F)F)c(-c2ccc(-c3ncc(-c4cnc([C@@H]5CCCN5C(=O)C(c5ccccc5)N(CC)CC)[nH]4)cn3)cc2)[nH]1)c1ccccc1. The molecule has 1 unspecified atom stereocenters. The third-order valence-corrected chi connectivity index (χ3v) is 13.2. The largest absolute Gasteiger partial charge is 0.435 e. The van der Waals surface area contributed by atoms with E-state index in [0.717, 1.165) is 49.9 Å². The van der Waals surface area contributed by atoms with Crippen molar-refractivity contribution >= 4 is 11.8 Å². The monoisotopic (exact) mass is 871 g/mol. The van der Waals surface area contributed by atoms with Gasteiger partial charge in [-0.15, -0.1) is 0 Å².